The minimum absolute atomic E-state index is 0.0389. The highest BCUT2D eigenvalue weighted by Crippen LogP contribution is 2.43. The number of alkyl halides is 1. The summed E-state index contributed by atoms with van der Waals surface area (Å²) in [5, 5.41) is 10.3. The molecule has 0 spiro atoms. The molecule has 4 fully saturated rings. The SMILES string of the molecule is O=S1(=O)C2CCC1CN(c1nc(OC[C@@]34CCCN3C[C@H](F)C4)nc3c(F)c(-c4cc(O)cc5cccc(F)c45)ccc13)C2. The lowest BCUT2D eigenvalue weighted by atomic mass is 9.95. The highest BCUT2D eigenvalue weighted by atomic mass is 32.2. The van der Waals surface area contributed by atoms with E-state index in [0.717, 1.165) is 19.4 Å². The van der Waals surface area contributed by atoms with Crippen LogP contribution >= 0.6 is 0 Å². The van der Waals surface area contributed by atoms with Gasteiger partial charge in [-0.15, -0.1) is 0 Å². The smallest absolute Gasteiger partial charge is 0.319 e. The molecule has 4 aromatic rings. The van der Waals surface area contributed by atoms with E-state index in [1.165, 1.54) is 30.3 Å². The van der Waals surface area contributed by atoms with E-state index in [9.17, 15) is 17.9 Å². The molecule has 0 saturated carbocycles. The van der Waals surface area contributed by atoms with Crippen LogP contribution in [0.4, 0.5) is 19.0 Å². The summed E-state index contributed by atoms with van der Waals surface area (Å²) in [4.78, 5) is 13.2. The van der Waals surface area contributed by atoms with Crippen LogP contribution in [0, 0.1) is 11.6 Å². The van der Waals surface area contributed by atoms with Crippen LogP contribution in [0.5, 0.6) is 11.8 Å². The minimum atomic E-state index is -3.24. The Morgan fingerprint density at radius 2 is 1.82 bits per heavy atom. The van der Waals surface area contributed by atoms with Crippen LogP contribution in [0.3, 0.4) is 0 Å². The van der Waals surface area contributed by atoms with Gasteiger partial charge in [-0.3, -0.25) is 4.90 Å². The molecule has 230 valence electrons. The number of nitrogens with zero attached hydrogens (tertiary/aromatic N) is 4. The summed E-state index contributed by atoms with van der Waals surface area (Å²) >= 11 is 0. The zero-order chi connectivity index (χ0) is 30.4. The highest BCUT2D eigenvalue weighted by Gasteiger charge is 2.50. The van der Waals surface area contributed by atoms with Gasteiger partial charge in [0.25, 0.3) is 0 Å². The van der Waals surface area contributed by atoms with Crippen LogP contribution in [0.25, 0.3) is 32.8 Å². The molecule has 44 heavy (non-hydrogen) atoms. The van der Waals surface area contributed by atoms with Crippen LogP contribution in [0.2, 0.25) is 0 Å². The van der Waals surface area contributed by atoms with Gasteiger partial charge in [-0.2, -0.15) is 9.97 Å². The van der Waals surface area contributed by atoms with Gasteiger partial charge < -0.3 is 14.7 Å². The highest BCUT2D eigenvalue weighted by molar-refractivity contribution is 7.93. The van der Waals surface area contributed by atoms with E-state index in [4.69, 9.17) is 9.72 Å². The number of sulfone groups is 1. The molecule has 4 atom stereocenters. The molecule has 4 aliphatic rings. The largest absolute Gasteiger partial charge is 0.508 e. The first-order valence-corrected chi connectivity index (χ1v) is 16.7. The molecule has 0 radical (unpaired) electrons. The molecule has 8 rings (SSSR count). The predicted octanol–water partition coefficient (Wildman–Crippen LogP) is 5.15. The lowest BCUT2D eigenvalue weighted by Gasteiger charge is -2.34. The van der Waals surface area contributed by atoms with Gasteiger partial charge in [-0.1, -0.05) is 18.2 Å². The van der Waals surface area contributed by atoms with Gasteiger partial charge in [0.15, 0.2) is 15.7 Å². The Morgan fingerprint density at radius 1 is 1.02 bits per heavy atom. The Kier molecular flexibility index (Phi) is 6.29. The number of hydrogen-bond donors (Lipinski definition) is 1. The molecule has 3 aromatic carbocycles. The maximum atomic E-state index is 16.6. The van der Waals surface area contributed by atoms with Crippen molar-refractivity contribution in [3.05, 3.63) is 54.1 Å². The van der Waals surface area contributed by atoms with Gasteiger partial charge in [0.2, 0.25) is 0 Å². The van der Waals surface area contributed by atoms with Crippen molar-refractivity contribution in [3.63, 3.8) is 0 Å². The summed E-state index contributed by atoms with van der Waals surface area (Å²) in [5.74, 6) is -1.08. The molecule has 4 aliphatic heterocycles. The third-order valence-electron chi connectivity index (χ3n) is 10.1. The first kappa shape index (κ1) is 27.9. The van der Waals surface area contributed by atoms with E-state index in [0.29, 0.717) is 42.4 Å². The van der Waals surface area contributed by atoms with E-state index in [1.54, 1.807) is 12.1 Å². The fourth-order valence-electron chi connectivity index (χ4n) is 7.97. The monoisotopic (exact) mass is 624 g/mol. The molecule has 0 aliphatic carbocycles. The lowest BCUT2D eigenvalue weighted by Crippen LogP contribution is -2.47. The molecule has 8 nitrogen and oxygen atoms in total. The van der Waals surface area contributed by atoms with Crippen LogP contribution in [-0.4, -0.2) is 83.4 Å². The van der Waals surface area contributed by atoms with Gasteiger partial charge in [0.05, 0.1) is 16.0 Å². The Hall–Kier alpha value is -3.64. The Bertz CT molecular complexity index is 1920. The molecule has 2 unspecified atom stereocenters. The predicted molar refractivity (Wildman–Crippen MR) is 161 cm³/mol. The summed E-state index contributed by atoms with van der Waals surface area (Å²) in [6, 6.07) is 10.3. The van der Waals surface area contributed by atoms with E-state index in [-0.39, 0.29) is 53.5 Å². The molecule has 5 heterocycles. The summed E-state index contributed by atoms with van der Waals surface area (Å²) in [6.45, 7) is 1.71. The molecule has 12 heteroatoms. The van der Waals surface area contributed by atoms with Crippen LogP contribution in [0.15, 0.2) is 42.5 Å². The van der Waals surface area contributed by atoms with Crippen molar-refractivity contribution in [2.75, 3.05) is 37.7 Å². The van der Waals surface area contributed by atoms with E-state index in [2.05, 4.69) is 9.88 Å². The minimum Gasteiger partial charge on any atom is -0.508 e. The fraction of sp³-hybridized carbons (Fsp3) is 0.438. The van der Waals surface area contributed by atoms with Gasteiger partial charge in [-0.25, -0.2) is 21.6 Å². The van der Waals surface area contributed by atoms with Crippen molar-refractivity contribution in [1.82, 2.24) is 14.9 Å². The number of phenolic OH excluding ortho intramolecular Hbond substituents is 1. The van der Waals surface area contributed by atoms with Crippen molar-refractivity contribution in [2.24, 2.45) is 0 Å². The quantitative estimate of drug-likeness (QED) is 0.326. The normalized spacial score (nSPS) is 27.8. The number of fused-ring (bicyclic) bond motifs is 5. The van der Waals surface area contributed by atoms with Gasteiger partial charge in [0.1, 0.15) is 35.7 Å². The van der Waals surface area contributed by atoms with Crippen molar-refractivity contribution in [1.29, 1.82) is 0 Å². The summed E-state index contributed by atoms with van der Waals surface area (Å²) in [5.41, 5.74) is -0.333. The topological polar surface area (TPSA) is 95.9 Å². The molecular weight excluding hydrogens is 593 g/mol. The maximum Gasteiger partial charge on any atom is 0.319 e. The van der Waals surface area contributed by atoms with Crippen molar-refractivity contribution in [2.45, 2.75) is 54.3 Å². The molecular formula is C32H31F3N4O4S. The molecule has 0 amide bonds. The van der Waals surface area contributed by atoms with E-state index >= 15 is 8.78 Å². The standard InChI is InChI=1S/C32H31F3N4O4S/c33-19-13-32(9-2-10-39(32)14-19)17-43-31-36-29-24(30(37-31)38-15-21-5-6-22(16-38)44(21,41)42)8-7-23(28(29)35)25-12-20(40)11-18-3-1-4-26(34)27(18)25/h1,3-4,7-8,11-12,19,21-22,40H,2,5-6,9-10,13-17H2/t19-,21?,22?,32+/m1/s1. The Balaban J connectivity index is 1.26. The Morgan fingerprint density at radius 3 is 2.61 bits per heavy atom. The molecule has 2 bridgehead atoms. The van der Waals surface area contributed by atoms with Crippen LogP contribution in [-0.2, 0) is 9.84 Å². The average Bonchev–Trinajstić information content (AvgIpc) is 3.52. The first-order chi connectivity index (χ1) is 21.1. The van der Waals surface area contributed by atoms with Crippen LogP contribution in [0.1, 0.15) is 32.1 Å². The first-order valence-electron chi connectivity index (χ1n) is 15.0. The second-order valence-corrected chi connectivity index (χ2v) is 15.2. The van der Waals surface area contributed by atoms with E-state index < -0.39 is 43.7 Å². The molecule has 4 saturated heterocycles. The zero-order valence-electron chi connectivity index (χ0n) is 23.8. The van der Waals surface area contributed by atoms with Crippen molar-refractivity contribution >= 4 is 37.3 Å². The number of halogens is 3. The van der Waals surface area contributed by atoms with Gasteiger partial charge >= 0.3 is 6.01 Å². The second-order valence-electron chi connectivity index (χ2n) is 12.7. The number of anilines is 1. The number of hydrogen-bond acceptors (Lipinski definition) is 8. The van der Waals surface area contributed by atoms with Gasteiger partial charge in [0, 0.05) is 42.4 Å². The maximum absolute atomic E-state index is 16.6. The average molecular weight is 625 g/mol. The summed E-state index contributed by atoms with van der Waals surface area (Å²) < 4.78 is 78.0. The fourth-order valence-corrected chi connectivity index (χ4v) is 10.2. The van der Waals surface area contributed by atoms with Crippen molar-refractivity contribution in [3.8, 4) is 22.9 Å². The molecule has 1 N–H and O–H groups in total. The van der Waals surface area contributed by atoms with Gasteiger partial charge in [-0.05, 0) is 67.4 Å². The lowest BCUT2D eigenvalue weighted by molar-refractivity contribution is 0.107. The number of benzene rings is 3. The van der Waals surface area contributed by atoms with Crippen molar-refractivity contribution < 1.29 is 31.4 Å². The number of aromatic hydroxyl groups is 1. The third kappa shape index (κ3) is 4.24. The number of phenols is 1. The Labute approximate surface area is 252 Å². The number of aromatic nitrogens is 2. The zero-order valence-corrected chi connectivity index (χ0v) is 24.7. The number of rotatable bonds is 5. The molecule has 1 aromatic heterocycles. The summed E-state index contributed by atoms with van der Waals surface area (Å²) in [6.07, 6.45) is 2.22. The second kappa shape index (κ2) is 9.93. The third-order valence-corrected chi connectivity index (χ3v) is 12.7. The van der Waals surface area contributed by atoms with Crippen LogP contribution < -0.4 is 9.64 Å². The van der Waals surface area contributed by atoms with E-state index in [1.807, 2.05) is 4.90 Å². The number of ether oxygens (including phenoxy) is 1. The summed E-state index contributed by atoms with van der Waals surface area (Å²) in [7, 11) is -3.24.